The molecule has 0 bridgehead atoms. The van der Waals surface area contributed by atoms with E-state index in [1.807, 2.05) is 12.1 Å². The first kappa shape index (κ1) is 32.6. The summed E-state index contributed by atoms with van der Waals surface area (Å²) in [4.78, 5) is 8.25. The number of likely N-dealkylation sites (tertiary alicyclic amines) is 1. The van der Waals surface area contributed by atoms with Gasteiger partial charge < -0.3 is 21.4 Å². The zero-order valence-corrected chi connectivity index (χ0v) is 29.1. The average Bonchev–Trinajstić information content (AvgIpc) is 3.76. The minimum Gasteiger partial charge on any atom is -0.374 e. The highest BCUT2D eigenvalue weighted by molar-refractivity contribution is 7.99. The Morgan fingerprint density at radius 1 is 1.08 bits per heavy atom. The summed E-state index contributed by atoms with van der Waals surface area (Å²) in [7, 11) is 0. The number of thioether (sulfide) groups is 1. The molecule has 1 fully saturated rings. The number of hydrogen-bond donors (Lipinski definition) is 5. The molecule has 0 amide bonds. The van der Waals surface area contributed by atoms with E-state index in [0.29, 0.717) is 38.9 Å². The van der Waals surface area contributed by atoms with Crippen LogP contribution in [0.2, 0.25) is 10.0 Å². The quantitative estimate of drug-likeness (QED) is 0.129. The highest BCUT2D eigenvalue weighted by Gasteiger charge is 2.33. The molecule has 1 aromatic heterocycles. The standard InChI is InChI=1S/C35H36Cl2FN9S/c1-35(2,3)46-11-9-23(10-12-46)47-18-29(44-45-47)33(24-5-4-6-30-34(24)41-19-48-30)43-22-13-25-31(42-21-7-8-28(38)26(36)14-21)20(16-39)17-40-32(25)27(37)15-22/h4-8,13-15,17-18,23,33,41,43-45H,9-12,19H2,1-3H3,(H,40,42)/t33-/m0/s1. The summed E-state index contributed by atoms with van der Waals surface area (Å²) in [6.07, 6.45) is 5.75. The maximum absolute atomic E-state index is 13.9. The van der Waals surface area contributed by atoms with Crippen molar-refractivity contribution >= 4 is 68.6 Å². The minimum atomic E-state index is -0.526. The summed E-state index contributed by atoms with van der Waals surface area (Å²) in [5.41, 5.74) is 12.8. The molecule has 0 saturated carbocycles. The molecule has 0 spiro atoms. The number of fused-ring (bicyclic) bond motifs is 2. The summed E-state index contributed by atoms with van der Waals surface area (Å²) in [6, 6.07) is 16.7. The second kappa shape index (κ2) is 13.2. The van der Waals surface area contributed by atoms with Gasteiger partial charge in [-0.15, -0.1) is 17.3 Å². The van der Waals surface area contributed by atoms with Crippen LogP contribution in [0.1, 0.15) is 50.8 Å². The highest BCUT2D eigenvalue weighted by Crippen LogP contribution is 2.43. The molecule has 5 N–H and O–H groups in total. The minimum absolute atomic E-state index is 0.0259. The summed E-state index contributed by atoms with van der Waals surface area (Å²) >= 11 is 14.7. The van der Waals surface area contributed by atoms with Crippen LogP contribution < -0.4 is 26.9 Å². The van der Waals surface area contributed by atoms with Crippen LogP contribution in [0.15, 0.2) is 71.5 Å². The largest absolute Gasteiger partial charge is 0.374 e. The van der Waals surface area contributed by atoms with Crippen molar-refractivity contribution in [1.82, 2.24) is 25.9 Å². The van der Waals surface area contributed by atoms with E-state index in [0.717, 1.165) is 54.4 Å². The number of benzene rings is 3. The van der Waals surface area contributed by atoms with E-state index in [9.17, 15) is 9.65 Å². The lowest BCUT2D eigenvalue weighted by Gasteiger charge is -2.42. The predicted molar refractivity (Wildman–Crippen MR) is 194 cm³/mol. The molecule has 4 aromatic rings. The van der Waals surface area contributed by atoms with Crippen LogP contribution >= 0.6 is 35.0 Å². The smallest absolute Gasteiger partial charge is 0.141 e. The lowest BCUT2D eigenvalue weighted by Crippen LogP contribution is -2.52. The molecule has 48 heavy (non-hydrogen) atoms. The summed E-state index contributed by atoms with van der Waals surface area (Å²) in [5.74, 6) is 0.274. The zero-order valence-electron chi connectivity index (χ0n) is 26.8. The fourth-order valence-corrected chi connectivity index (χ4v) is 7.89. The van der Waals surface area contributed by atoms with Crippen LogP contribution in [0.3, 0.4) is 0 Å². The Morgan fingerprint density at radius 3 is 2.62 bits per heavy atom. The van der Waals surface area contributed by atoms with Crippen LogP contribution in [0.25, 0.3) is 10.9 Å². The second-order valence-corrected chi connectivity index (χ2v) is 15.0. The van der Waals surface area contributed by atoms with E-state index in [-0.39, 0.29) is 16.6 Å². The Labute approximate surface area is 293 Å². The molecule has 9 nitrogen and oxygen atoms in total. The van der Waals surface area contributed by atoms with Crippen molar-refractivity contribution in [3.63, 3.8) is 0 Å². The first-order valence-corrected chi connectivity index (χ1v) is 17.6. The number of rotatable bonds is 7. The maximum atomic E-state index is 13.9. The van der Waals surface area contributed by atoms with Gasteiger partial charge in [0.25, 0.3) is 0 Å². The van der Waals surface area contributed by atoms with Gasteiger partial charge in [-0.3, -0.25) is 14.9 Å². The molecular formula is C35H36Cl2FN9S. The third-order valence-corrected chi connectivity index (χ3v) is 10.6. The Bertz CT molecular complexity index is 1950. The van der Waals surface area contributed by atoms with Crippen molar-refractivity contribution in [2.75, 3.05) is 34.9 Å². The fourth-order valence-electron chi connectivity index (χ4n) is 6.56. The number of halogens is 3. The van der Waals surface area contributed by atoms with Gasteiger partial charge in [-0.25, -0.2) is 4.39 Å². The molecule has 7 rings (SSSR count). The van der Waals surface area contributed by atoms with Gasteiger partial charge in [-0.1, -0.05) is 35.3 Å². The number of nitrogens with zero attached hydrogens (tertiary/aromatic N) is 4. The van der Waals surface area contributed by atoms with Crippen LogP contribution in [-0.2, 0) is 0 Å². The topological polar surface area (TPSA) is 103 Å². The van der Waals surface area contributed by atoms with E-state index in [4.69, 9.17) is 23.2 Å². The molecule has 3 aliphatic rings. The molecule has 1 atom stereocenters. The molecule has 0 unspecified atom stereocenters. The molecule has 3 aromatic carbocycles. The van der Waals surface area contributed by atoms with Gasteiger partial charge in [-0.05, 0) is 70.0 Å². The molecular weight excluding hydrogens is 668 g/mol. The molecule has 0 radical (unpaired) electrons. The normalized spacial score (nSPS) is 17.4. The number of nitrogens with one attached hydrogen (secondary N) is 5. The fraction of sp³-hybridized carbons (Fsp3) is 0.314. The predicted octanol–water partition coefficient (Wildman–Crippen LogP) is 8.35. The molecule has 0 aliphatic carbocycles. The van der Waals surface area contributed by atoms with Crippen LogP contribution in [0, 0.1) is 17.1 Å². The maximum Gasteiger partial charge on any atom is 0.141 e. The van der Waals surface area contributed by atoms with E-state index in [1.54, 1.807) is 17.8 Å². The van der Waals surface area contributed by atoms with Crippen molar-refractivity contribution < 1.29 is 4.39 Å². The number of para-hydroxylation sites is 1. The van der Waals surface area contributed by atoms with Gasteiger partial charge in [0.15, 0.2) is 0 Å². The van der Waals surface area contributed by atoms with Crippen LogP contribution in [0.4, 0.5) is 27.1 Å². The Kier molecular flexibility index (Phi) is 8.96. The van der Waals surface area contributed by atoms with Gasteiger partial charge in [0.1, 0.15) is 11.9 Å². The van der Waals surface area contributed by atoms with Crippen molar-refractivity contribution in [1.29, 1.82) is 5.26 Å². The lowest BCUT2D eigenvalue weighted by atomic mass is 9.97. The Morgan fingerprint density at radius 2 is 1.88 bits per heavy atom. The van der Waals surface area contributed by atoms with E-state index < -0.39 is 5.82 Å². The van der Waals surface area contributed by atoms with E-state index >= 15 is 0 Å². The second-order valence-electron chi connectivity index (χ2n) is 13.1. The SMILES string of the molecule is CC(C)(C)N1CCC(N2C=C([C@@H](Nc3cc(Cl)c4ncc(C#N)c(Nc5ccc(F)c(Cl)c5)c4c3)c3cccc4c3NCS4)NN2)CC1. The van der Waals surface area contributed by atoms with Gasteiger partial charge in [0.05, 0.1) is 50.1 Å². The highest BCUT2D eigenvalue weighted by atomic mass is 35.5. The zero-order chi connectivity index (χ0) is 33.6. The van der Waals surface area contributed by atoms with E-state index in [1.165, 1.54) is 23.2 Å². The van der Waals surface area contributed by atoms with E-state index in [2.05, 4.69) is 93.0 Å². The number of nitriles is 1. The number of aromatic nitrogens is 1. The van der Waals surface area contributed by atoms with Crippen molar-refractivity contribution in [3.8, 4) is 6.07 Å². The summed E-state index contributed by atoms with van der Waals surface area (Å²) < 4.78 is 13.9. The molecule has 248 valence electrons. The van der Waals surface area contributed by atoms with Gasteiger partial charge in [0.2, 0.25) is 0 Å². The third-order valence-electron chi connectivity index (χ3n) is 9.12. The van der Waals surface area contributed by atoms with Crippen LogP contribution in [0.5, 0.6) is 0 Å². The number of anilines is 4. The number of hydrazine groups is 2. The number of hydrogen-bond acceptors (Lipinski definition) is 10. The summed E-state index contributed by atoms with van der Waals surface area (Å²) in [5, 5.41) is 23.8. The van der Waals surface area contributed by atoms with Crippen molar-refractivity contribution in [2.45, 2.75) is 56.1 Å². The summed E-state index contributed by atoms with van der Waals surface area (Å²) in [6.45, 7) is 8.90. The molecule has 1 saturated heterocycles. The van der Waals surface area contributed by atoms with Crippen molar-refractivity contribution in [2.24, 2.45) is 0 Å². The van der Waals surface area contributed by atoms with Crippen LogP contribution in [-0.4, -0.2) is 45.4 Å². The molecule has 13 heteroatoms. The van der Waals surface area contributed by atoms with Gasteiger partial charge >= 0.3 is 0 Å². The molecule has 3 aliphatic heterocycles. The number of pyridine rings is 1. The molecule has 4 heterocycles. The average molecular weight is 705 g/mol. The lowest BCUT2D eigenvalue weighted by molar-refractivity contribution is 0.0570. The first-order chi connectivity index (χ1) is 23.1. The van der Waals surface area contributed by atoms with Crippen molar-refractivity contribution in [3.05, 3.63) is 93.6 Å². The first-order valence-electron chi connectivity index (χ1n) is 15.9. The number of piperidine rings is 1. The Hall–Kier alpha value is -3.92. The van der Waals surface area contributed by atoms with Gasteiger partial charge in [0, 0.05) is 64.3 Å². The third kappa shape index (κ3) is 6.43. The van der Waals surface area contributed by atoms with Gasteiger partial charge in [-0.2, -0.15) is 5.26 Å². The monoisotopic (exact) mass is 703 g/mol. The Balaban J connectivity index is 1.25.